The molecule has 5 nitrogen and oxygen atoms in total. The molecule has 94 valence electrons. The molecule has 0 aromatic carbocycles. The van der Waals surface area contributed by atoms with Gasteiger partial charge in [-0.3, -0.25) is 4.40 Å². The van der Waals surface area contributed by atoms with E-state index in [0.29, 0.717) is 16.5 Å². The minimum Gasteiger partial charge on any atom is -0.465 e. The van der Waals surface area contributed by atoms with E-state index in [9.17, 15) is 4.79 Å². The van der Waals surface area contributed by atoms with Crippen LogP contribution < -0.4 is 0 Å². The van der Waals surface area contributed by atoms with E-state index >= 15 is 0 Å². The molecule has 1 atom stereocenters. The summed E-state index contributed by atoms with van der Waals surface area (Å²) in [6.07, 6.45) is 4.21. The third-order valence-corrected chi connectivity index (χ3v) is 4.45. The van der Waals surface area contributed by atoms with Crippen LogP contribution in [0.5, 0.6) is 0 Å². The van der Waals surface area contributed by atoms with E-state index in [-0.39, 0.29) is 5.97 Å². The molecule has 1 aliphatic heterocycles. The van der Waals surface area contributed by atoms with Gasteiger partial charge in [-0.15, -0.1) is 10.2 Å². The molecule has 0 saturated carbocycles. The zero-order chi connectivity index (χ0) is 12.5. The monoisotopic (exact) mass is 263 g/mol. The molecule has 0 N–H and O–H groups in total. The number of aromatic nitrogens is 3. The zero-order valence-corrected chi connectivity index (χ0v) is 10.8. The number of ether oxygens (including phenoxy) is 1. The van der Waals surface area contributed by atoms with Crippen LogP contribution in [-0.4, -0.2) is 33.4 Å². The summed E-state index contributed by atoms with van der Waals surface area (Å²) in [5.74, 6) is 1.81. The number of carbonyl (C=O) groups excluding carboxylic acids is 1. The van der Waals surface area contributed by atoms with Crippen LogP contribution in [-0.2, 0) is 4.74 Å². The Balaban J connectivity index is 2.02. The first-order chi connectivity index (χ1) is 8.79. The van der Waals surface area contributed by atoms with Gasteiger partial charge < -0.3 is 4.74 Å². The Kier molecular flexibility index (Phi) is 2.95. The van der Waals surface area contributed by atoms with Crippen LogP contribution in [0.1, 0.15) is 34.3 Å². The highest BCUT2D eigenvalue weighted by Crippen LogP contribution is 2.38. The largest absolute Gasteiger partial charge is 0.465 e. The molecule has 2 aromatic heterocycles. The highest BCUT2D eigenvalue weighted by atomic mass is 32.2. The van der Waals surface area contributed by atoms with Gasteiger partial charge in [-0.25, -0.2) is 4.79 Å². The standard InChI is InChI=1S/C12H13N3O2S/c1-17-12(16)8-4-5-15-10(7-8)13-14-11(15)9-3-2-6-18-9/h4-5,7,9H,2-3,6H2,1H3. The third kappa shape index (κ3) is 1.86. The lowest BCUT2D eigenvalue weighted by Gasteiger charge is -2.06. The summed E-state index contributed by atoms with van der Waals surface area (Å²) in [5.41, 5.74) is 1.20. The Morgan fingerprint density at radius 1 is 1.56 bits per heavy atom. The number of pyridine rings is 1. The molecule has 3 heterocycles. The van der Waals surface area contributed by atoms with Crippen molar-refractivity contribution in [3.05, 3.63) is 29.7 Å². The number of rotatable bonds is 2. The van der Waals surface area contributed by atoms with Crippen LogP contribution in [0.3, 0.4) is 0 Å². The van der Waals surface area contributed by atoms with E-state index in [2.05, 4.69) is 10.2 Å². The fourth-order valence-corrected chi connectivity index (χ4v) is 3.42. The number of fused-ring (bicyclic) bond motifs is 1. The fourth-order valence-electron chi connectivity index (χ4n) is 2.15. The smallest absolute Gasteiger partial charge is 0.338 e. The number of nitrogens with zero attached hydrogens (tertiary/aromatic N) is 3. The van der Waals surface area contributed by atoms with Crippen molar-refractivity contribution in [1.82, 2.24) is 14.6 Å². The van der Waals surface area contributed by atoms with Crippen LogP contribution in [0.15, 0.2) is 18.3 Å². The first-order valence-electron chi connectivity index (χ1n) is 5.84. The molecule has 0 radical (unpaired) electrons. The van der Waals surface area contributed by atoms with Crippen LogP contribution in [0.25, 0.3) is 5.65 Å². The molecule has 1 unspecified atom stereocenters. The van der Waals surface area contributed by atoms with Crippen LogP contribution in [0.2, 0.25) is 0 Å². The van der Waals surface area contributed by atoms with Crippen LogP contribution in [0.4, 0.5) is 0 Å². The molecule has 1 aliphatic rings. The summed E-state index contributed by atoms with van der Waals surface area (Å²) in [6, 6.07) is 3.45. The Hall–Kier alpha value is -1.56. The molecule has 6 heteroatoms. The van der Waals surface area contributed by atoms with Crippen molar-refractivity contribution < 1.29 is 9.53 Å². The van der Waals surface area contributed by atoms with Crippen molar-refractivity contribution in [2.45, 2.75) is 18.1 Å². The molecular weight excluding hydrogens is 250 g/mol. The van der Waals surface area contributed by atoms with Gasteiger partial charge in [0, 0.05) is 6.20 Å². The maximum Gasteiger partial charge on any atom is 0.338 e. The van der Waals surface area contributed by atoms with Gasteiger partial charge in [-0.05, 0) is 30.7 Å². The van der Waals surface area contributed by atoms with Gasteiger partial charge >= 0.3 is 5.97 Å². The average molecular weight is 263 g/mol. The topological polar surface area (TPSA) is 56.5 Å². The summed E-state index contributed by atoms with van der Waals surface area (Å²) >= 11 is 1.91. The van der Waals surface area contributed by atoms with Gasteiger partial charge in [0.25, 0.3) is 0 Å². The lowest BCUT2D eigenvalue weighted by atomic mass is 10.2. The summed E-state index contributed by atoms with van der Waals surface area (Å²) < 4.78 is 6.65. The highest BCUT2D eigenvalue weighted by Gasteiger charge is 2.23. The summed E-state index contributed by atoms with van der Waals surface area (Å²) in [6.45, 7) is 0. The Morgan fingerprint density at radius 3 is 3.17 bits per heavy atom. The normalized spacial score (nSPS) is 19.3. The van der Waals surface area contributed by atoms with Crippen LogP contribution in [0, 0.1) is 0 Å². The summed E-state index contributed by atoms with van der Waals surface area (Å²) in [5, 5.41) is 8.80. The molecule has 0 amide bonds. The Labute approximate surface area is 109 Å². The molecule has 2 aromatic rings. The molecule has 1 saturated heterocycles. The molecule has 1 fully saturated rings. The first kappa shape index (κ1) is 11.5. The second kappa shape index (κ2) is 4.61. The van der Waals surface area contributed by atoms with Crippen molar-refractivity contribution in [2.75, 3.05) is 12.9 Å². The van der Waals surface area contributed by atoms with E-state index in [4.69, 9.17) is 4.74 Å². The number of methoxy groups -OCH3 is 1. The number of esters is 1. The minimum atomic E-state index is -0.350. The van der Waals surface area contributed by atoms with Crippen molar-refractivity contribution >= 4 is 23.4 Å². The second-order valence-electron chi connectivity index (χ2n) is 4.20. The van der Waals surface area contributed by atoms with Crippen molar-refractivity contribution in [2.24, 2.45) is 0 Å². The second-order valence-corrected chi connectivity index (χ2v) is 5.51. The van der Waals surface area contributed by atoms with Gasteiger partial charge in [-0.1, -0.05) is 0 Å². The van der Waals surface area contributed by atoms with E-state index in [1.807, 2.05) is 22.4 Å². The van der Waals surface area contributed by atoms with Crippen molar-refractivity contribution in [1.29, 1.82) is 0 Å². The Morgan fingerprint density at radius 2 is 2.44 bits per heavy atom. The SMILES string of the molecule is COC(=O)c1ccn2c(C3CCCS3)nnc2c1. The minimum absolute atomic E-state index is 0.350. The van der Waals surface area contributed by atoms with Gasteiger partial charge in [0.1, 0.15) is 0 Å². The van der Waals surface area contributed by atoms with Gasteiger partial charge in [0.05, 0.1) is 17.9 Å². The predicted octanol–water partition coefficient (Wildman–Crippen LogP) is 2.08. The van der Waals surface area contributed by atoms with Crippen molar-refractivity contribution in [3.8, 4) is 0 Å². The highest BCUT2D eigenvalue weighted by molar-refractivity contribution is 7.99. The maximum atomic E-state index is 11.4. The molecule has 0 bridgehead atoms. The molecule has 0 spiro atoms. The average Bonchev–Trinajstić information content (AvgIpc) is 3.05. The van der Waals surface area contributed by atoms with E-state index < -0.39 is 0 Å². The molecular formula is C12H13N3O2S. The number of thioether (sulfide) groups is 1. The van der Waals surface area contributed by atoms with Gasteiger partial charge in [-0.2, -0.15) is 11.8 Å². The molecule has 0 aliphatic carbocycles. The number of hydrogen-bond donors (Lipinski definition) is 0. The zero-order valence-electron chi connectivity index (χ0n) is 10.00. The lowest BCUT2D eigenvalue weighted by Crippen LogP contribution is -2.03. The predicted molar refractivity (Wildman–Crippen MR) is 68.8 cm³/mol. The fraction of sp³-hybridized carbons (Fsp3) is 0.417. The molecule has 3 rings (SSSR count). The number of carbonyl (C=O) groups is 1. The summed E-state index contributed by atoms with van der Waals surface area (Å²) in [7, 11) is 1.37. The maximum absolute atomic E-state index is 11.4. The van der Waals surface area contributed by atoms with Gasteiger partial charge in [0.15, 0.2) is 11.5 Å². The first-order valence-corrected chi connectivity index (χ1v) is 6.89. The lowest BCUT2D eigenvalue weighted by molar-refractivity contribution is 0.0600. The summed E-state index contributed by atoms with van der Waals surface area (Å²) in [4.78, 5) is 11.4. The van der Waals surface area contributed by atoms with Gasteiger partial charge in [0.2, 0.25) is 0 Å². The number of hydrogen-bond acceptors (Lipinski definition) is 5. The quantitative estimate of drug-likeness (QED) is 0.776. The van der Waals surface area contributed by atoms with Crippen LogP contribution >= 0.6 is 11.8 Å². The third-order valence-electron chi connectivity index (χ3n) is 3.08. The van der Waals surface area contributed by atoms with E-state index in [0.717, 1.165) is 12.2 Å². The van der Waals surface area contributed by atoms with Crippen molar-refractivity contribution in [3.63, 3.8) is 0 Å². The van der Waals surface area contributed by atoms with E-state index in [1.54, 1.807) is 12.1 Å². The Bertz CT molecular complexity index is 590. The molecule has 18 heavy (non-hydrogen) atoms. The van der Waals surface area contributed by atoms with E-state index in [1.165, 1.54) is 19.3 Å².